The number of phenolic OH excluding ortho intramolecular Hbond substituents is 4. The second-order valence-corrected chi connectivity index (χ2v) is 4.52. The predicted molar refractivity (Wildman–Crippen MR) is 80.3 cm³/mol. The zero-order valence-electron chi connectivity index (χ0n) is 11.1. The van der Waals surface area contributed by atoms with Crippen molar-refractivity contribution in [2.45, 2.75) is 0 Å². The molecule has 109 valence electrons. The molecule has 22 heavy (non-hydrogen) atoms. The minimum Gasteiger partial charge on any atom is -0.508 e. The molecule has 2 aromatic carbocycles. The van der Waals surface area contributed by atoms with Gasteiger partial charge in [-0.05, 0) is 18.2 Å². The molecule has 0 saturated carbocycles. The van der Waals surface area contributed by atoms with Gasteiger partial charge in [0.15, 0.2) is 16.9 Å². The van der Waals surface area contributed by atoms with Crippen molar-refractivity contribution < 1.29 is 24.8 Å². The summed E-state index contributed by atoms with van der Waals surface area (Å²) in [6, 6.07) is 7.37. The van der Waals surface area contributed by atoms with E-state index in [9.17, 15) is 25.2 Å². The van der Waals surface area contributed by atoms with Crippen LogP contribution in [0.2, 0.25) is 0 Å². The zero-order chi connectivity index (χ0) is 15.1. The Balaban J connectivity index is 0.00000176. The Morgan fingerprint density at radius 3 is 2.23 bits per heavy atom. The molecular weight excluding hydrogens is 303 g/mol. The molecule has 7 heteroatoms. The first-order valence-electron chi connectivity index (χ1n) is 5.98. The van der Waals surface area contributed by atoms with Crippen molar-refractivity contribution in [3.8, 4) is 34.3 Å². The SMILES string of the molecule is O=c1cc(-c2ccc(O)c(O)c2)oc2cc(O)cc(O)c12.[Al]. The highest BCUT2D eigenvalue weighted by Gasteiger charge is 2.13. The Morgan fingerprint density at radius 1 is 0.818 bits per heavy atom. The summed E-state index contributed by atoms with van der Waals surface area (Å²) in [5.41, 5.74) is -0.106. The summed E-state index contributed by atoms with van der Waals surface area (Å²) < 4.78 is 5.47. The van der Waals surface area contributed by atoms with E-state index in [-0.39, 0.29) is 57.1 Å². The number of benzene rings is 2. The standard InChI is InChI=1S/C15H10O6.Al/c16-8-4-11(19)15-12(20)6-13(21-14(15)5-8)7-1-2-9(17)10(18)3-7;/h1-6,16-19H;. The summed E-state index contributed by atoms with van der Waals surface area (Å²) in [5.74, 6) is -1.13. The Kier molecular flexibility index (Phi) is 4.04. The molecule has 4 N–H and O–H groups in total. The van der Waals surface area contributed by atoms with Gasteiger partial charge in [0, 0.05) is 41.1 Å². The third kappa shape index (κ3) is 2.60. The minimum atomic E-state index is -0.490. The van der Waals surface area contributed by atoms with E-state index < -0.39 is 5.43 Å². The van der Waals surface area contributed by atoms with Gasteiger partial charge in [-0.25, -0.2) is 0 Å². The Morgan fingerprint density at radius 2 is 1.55 bits per heavy atom. The summed E-state index contributed by atoms with van der Waals surface area (Å²) >= 11 is 0. The molecule has 0 unspecified atom stereocenters. The Hall–Kier alpha value is -2.62. The van der Waals surface area contributed by atoms with E-state index >= 15 is 0 Å². The van der Waals surface area contributed by atoms with Gasteiger partial charge < -0.3 is 24.8 Å². The number of hydrogen-bond acceptors (Lipinski definition) is 6. The highest BCUT2D eigenvalue weighted by atomic mass is 27.0. The van der Waals surface area contributed by atoms with Crippen LogP contribution in [-0.4, -0.2) is 37.8 Å². The molecule has 0 fully saturated rings. The summed E-state index contributed by atoms with van der Waals surface area (Å²) in [7, 11) is 0. The van der Waals surface area contributed by atoms with Crippen LogP contribution in [-0.2, 0) is 0 Å². The normalized spacial score (nSPS) is 10.4. The molecule has 0 atom stereocenters. The third-order valence-corrected chi connectivity index (χ3v) is 3.05. The first-order chi connectivity index (χ1) is 9.95. The molecule has 0 bridgehead atoms. The number of phenols is 4. The molecule has 6 nitrogen and oxygen atoms in total. The van der Waals surface area contributed by atoms with Crippen molar-refractivity contribution in [1.82, 2.24) is 0 Å². The fourth-order valence-corrected chi connectivity index (χ4v) is 2.07. The van der Waals surface area contributed by atoms with Crippen molar-refractivity contribution in [1.29, 1.82) is 0 Å². The molecule has 0 aliphatic carbocycles. The summed E-state index contributed by atoms with van der Waals surface area (Å²) in [4.78, 5) is 12.0. The molecule has 1 heterocycles. The maximum absolute atomic E-state index is 12.0. The monoisotopic (exact) mass is 313 g/mol. The van der Waals surface area contributed by atoms with Crippen molar-refractivity contribution >= 4 is 28.3 Å². The quantitative estimate of drug-likeness (QED) is 0.403. The van der Waals surface area contributed by atoms with Crippen LogP contribution in [0.25, 0.3) is 22.3 Å². The van der Waals surface area contributed by atoms with Crippen LogP contribution in [0.15, 0.2) is 45.6 Å². The Labute approximate surface area is 134 Å². The molecule has 0 saturated heterocycles. The lowest BCUT2D eigenvalue weighted by Crippen LogP contribution is -2.00. The molecule has 3 aromatic rings. The van der Waals surface area contributed by atoms with Crippen molar-refractivity contribution in [2.24, 2.45) is 0 Å². The molecule has 0 aliphatic heterocycles. The second-order valence-electron chi connectivity index (χ2n) is 4.52. The lowest BCUT2D eigenvalue weighted by Gasteiger charge is -2.06. The van der Waals surface area contributed by atoms with Gasteiger partial charge in [-0.3, -0.25) is 4.79 Å². The van der Waals surface area contributed by atoms with Crippen LogP contribution >= 0.6 is 0 Å². The largest absolute Gasteiger partial charge is 0.508 e. The molecule has 0 aliphatic rings. The van der Waals surface area contributed by atoms with Crippen molar-refractivity contribution in [3.63, 3.8) is 0 Å². The van der Waals surface area contributed by atoms with Gasteiger partial charge in [0.05, 0.1) is 0 Å². The lowest BCUT2D eigenvalue weighted by molar-refractivity contribution is 0.404. The molecule has 1 aromatic heterocycles. The van der Waals surface area contributed by atoms with Gasteiger partial charge in [-0.2, -0.15) is 0 Å². The van der Waals surface area contributed by atoms with Gasteiger partial charge in [-0.1, -0.05) is 0 Å². The van der Waals surface area contributed by atoms with Crippen LogP contribution in [0, 0.1) is 0 Å². The van der Waals surface area contributed by atoms with E-state index in [2.05, 4.69) is 0 Å². The van der Waals surface area contributed by atoms with E-state index in [1.807, 2.05) is 0 Å². The average Bonchev–Trinajstić information content (AvgIpc) is 2.40. The number of fused-ring (bicyclic) bond motifs is 1. The molecule has 3 rings (SSSR count). The fraction of sp³-hybridized carbons (Fsp3) is 0. The summed E-state index contributed by atoms with van der Waals surface area (Å²) in [5, 5.41) is 37.9. The highest BCUT2D eigenvalue weighted by Crippen LogP contribution is 2.33. The van der Waals surface area contributed by atoms with Crippen LogP contribution in [0.5, 0.6) is 23.0 Å². The maximum atomic E-state index is 12.0. The second kappa shape index (κ2) is 5.64. The summed E-state index contributed by atoms with van der Waals surface area (Å²) in [6.07, 6.45) is 0. The number of aromatic hydroxyl groups is 4. The average molecular weight is 313 g/mol. The predicted octanol–water partition coefficient (Wildman–Crippen LogP) is 1.90. The minimum absolute atomic E-state index is 0. The van der Waals surface area contributed by atoms with E-state index in [1.165, 1.54) is 24.3 Å². The van der Waals surface area contributed by atoms with Gasteiger partial charge in [0.25, 0.3) is 0 Å². The van der Waals surface area contributed by atoms with E-state index in [1.54, 1.807) is 0 Å². The molecule has 0 spiro atoms. The van der Waals surface area contributed by atoms with E-state index in [0.717, 1.165) is 12.1 Å². The smallest absolute Gasteiger partial charge is 0.197 e. The molecular formula is C15H10AlO6. The van der Waals surface area contributed by atoms with Gasteiger partial charge in [0.2, 0.25) is 0 Å². The van der Waals surface area contributed by atoms with Crippen LogP contribution in [0.1, 0.15) is 0 Å². The van der Waals surface area contributed by atoms with Gasteiger partial charge in [-0.15, -0.1) is 0 Å². The van der Waals surface area contributed by atoms with Gasteiger partial charge >= 0.3 is 0 Å². The first kappa shape index (κ1) is 15.8. The first-order valence-corrected chi connectivity index (χ1v) is 5.98. The maximum Gasteiger partial charge on any atom is 0.197 e. The van der Waals surface area contributed by atoms with Crippen LogP contribution in [0.4, 0.5) is 0 Å². The highest BCUT2D eigenvalue weighted by molar-refractivity contribution is 5.86. The number of hydrogen-bond donors (Lipinski definition) is 4. The topological polar surface area (TPSA) is 111 Å². The van der Waals surface area contributed by atoms with E-state index in [4.69, 9.17) is 4.42 Å². The van der Waals surface area contributed by atoms with Gasteiger partial charge in [0.1, 0.15) is 28.2 Å². The molecule has 0 amide bonds. The molecule has 3 radical (unpaired) electrons. The fourth-order valence-electron chi connectivity index (χ4n) is 2.07. The van der Waals surface area contributed by atoms with Crippen molar-refractivity contribution in [2.75, 3.05) is 0 Å². The number of rotatable bonds is 1. The third-order valence-electron chi connectivity index (χ3n) is 3.05. The van der Waals surface area contributed by atoms with Crippen LogP contribution in [0.3, 0.4) is 0 Å². The van der Waals surface area contributed by atoms with Crippen LogP contribution < -0.4 is 5.43 Å². The Bertz CT molecular complexity index is 916. The van der Waals surface area contributed by atoms with E-state index in [0.29, 0.717) is 5.56 Å². The lowest BCUT2D eigenvalue weighted by atomic mass is 10.1. The zero-order valence-corrected chi connectivity index (χ0v) is 12.3. The summed E-state index contributed by atoms with van der Waals surface area (Å²) in [6.45, 7) is 0. The van der Waals surface area contributed by atoms with Crippen molar-refractivity contribution in [3.05, 3.63) is 46.6 Å².